The first kappa shape index (κ1) is 24.9. The van der Waals surface area contributed by atoms with Crippen molar-refractivity contribution >= 4 is 45.0 Å². The highest BCUT2D eigenvalue weighted by molar-refractivity contribution is 6.14. The van der Waals surface area contributed by atoms with Gasteiger partial charge in [-0.2, -0.15) is 4.57 Å². The Morgan fingerprint density at radius 2 is 1.46 bits per heavy atom. The van der Waals surface area contributed by atoms with Gasteiger partial charge in [-0.1, -0.05) is 18.2 Å². The highest BCUT2D eigenvalue weighted by atomic mass is 16.5. The smallest absolute Gasteiger partial charge is 0.302 e. The number of aromatic nitrogens is 1. The first-order valence-electron chi connectivity index (χ1n) is 13.0. The van der Waals surface area contributed by atoms with Crippen LogP contribution in [0.2, 0.25) is 0 Å². The summed E-state index contributed by atoms with van der Waals surface area (Å²) in [6, 6.07) is 20.0. The number of para-hydroxylation sites is 1. The highest BCUT2D eigenvalue weighted by Crippen LogP contribution is 2.41. The zero-order valence-electron chi connectivity index (χ0n) is 22.0. The van der Waals surface area contributed by atoms with Crippen molar-refractivity contribution in [2.45, 2.75) is 39.5 Å². The standard InChI is InChI=1S/C31H33N2O4/c1-20(34)36-15-7-9-22-13-14-28-25(17-22)26-18-23(10-8-16-37-21(2)35)19-29-30(26)31(33(28)4)24-11-5-6-12-27(24)32(29)3/h5-6,11-14,17-19H,7-10,15-16H2,1-4H3/q+1/p+1. The van der Waals surface area contributed by atoms with Crippen LogP contribution in [0.5, 0.6) is 0 Å². The summed E-state index contributed by atoms with van der Waals surface area (Å²) in [5.74, 6) is -0.474. The van der Waals surface area contributed by atoms with Gasteiger partial charge in [-0.15, -0.1) is 0 Å². The number of nitrogens with one attached hydrogen (secondary N) is 1. The Balaban J connectivity index is 1.66. The third kappa shape index (κ3) is 4.81. The van der Waals surface area contributed by atoms with Crippen molar-refractivity contribution in [3.63, 3.8) is 0 Å². The number of ether oxygens (including phenoxy) is 2. The minimum atomic E-state index is -0.237. The predicted octanol–water partition coefficient (Wildman–Crippen LogP) is 4.27. The molecule has 0 aliphatic carbocycles. The molecule has 1 atom stereocenters. The van der Waals surface area contributed by atoms with E-state index in [4.69, 9.17) is 9.47 Å². The van der Waals surface area contributed by atoms with E-state index in [1.165, 1.54) is 74.2 Å². The summed E-state index contributed by atoms with van der Waals surface area (Å²) >= 11 is 0. The second kappa shape index (κ2) is 10.3. The van der Waals surface area contributed by atoms with E-state index in [0.29, 0.717) is 13.2 Å². The molecule has 1 aromatic heterocycles. The molecular weight excluding hydrogens is 464 g/mol. The van der Waals surface area contributed by atoms with E-state index < -0.39 is 0 Å². The van der Waals surface area contributed by atoms with Crippen LogP contribution in [0.3, 0.4) is 0 Å². The zero-order chi connectivity index (χ0) is 26.1. The average Bonchev–Trinajstić information content (AvgIpc) is 2.88. The monoisotopic (exact) mass is 498 g/mol. The van der Waals surface area contributed by atoms with Crippen LogP contribution in [0.25, 0.3) is 32.9 Å². The summed E-state index contributed by atoms with van der Waals surface area (Å²) in [5, 5.41) is 3.76. The van der Waals surface area contributed by atoms with Crippen LogP contribution in [0.4, 0.5) is 11.4 Å². The Hall–Kier alpha value is -3.77. The third-order valence-electron chi connectivity index (χ3n) is 7.30. The van der Waals surface area contributed by atoms with Crippen molar-refractivity contribution in [3.8, 4) is 11.3 Å². The molecule has 0 saturated carbocycles. The van der Waals surface area contributed by atoms with Crippen LogP contribution in [0, 0.1) is 0 Å². The van der Waals surface area contributed by atoms with E-state index in [9.17, 15) is 9.59 Å². The number of fused-ring (bicyclic) bond motifs is 4. The molecule has 190 valence electrons. The minimum absolute atomic E-state index is 0.237. The van der Waals surface area contributed by atoms with Crippen molar-refractivity contribution in [2.24, 2.45) is 7.05 Å². The number of hydrogen-bond acceptors (Lipinski definition) is 4. The minimum Gasteiger partial charge on any atom is -0.466 e. The van der Waals surface area contributed by atoms with Gasteiger partial charge >= 0.3 is 11.9 Å². The van der Waals surface area contributed by atoms with Crippen molar-refractivity contribution in [3.05, 3.63) is 65.7 Å². The molecule has 4 aromatic rings. The molecule has 6 nitrogen and oxygen atoms in total. The molecule has 2 heterocycles. The summed E-state index contributed by atoms with van der Waals surface area (Å²) in [6.07, 6.45) is 3.26. The Morgan fingerprint density at radius 3 is 2.16 bits per heavy atom. The topological polar surface area (TPSA) is 60.9 Å². The van der Waals surface area contributed by atoms with Gasteiger partial charge in [0.25, 0.3) is 0 Å². The summed E-state index contributed by atoms with van der Waals surface area (Å²) in [4.78, 5) is 23.6. The Kier molecular flexibility index (Phi) is 6.94. The SMILES string of the molecule is CC(=O)OCCCc1cc2c3c([n+](C)c4ccc(CCCOC(C)=O)cc4c3c1)-c1ccccc1[NH+]2C. The van der Waals surface area contributed by atoms with Crippen molar-refractivity contribution < 1.29 is 28.5 Å². The number of carbonyl (C=O) groups excluding carboxylic acids is 2. The van der Waals surface area contributed by atoms with Crippen molar-refractivity contribution in [1.29, 1.82) is 0 Å². The second-order valence-electron chi connectivity index (χ2n) is 9.88. The molecule has 0 radical (unpaired) electrons. The maximum absolute atomic E-state index is 11.2. The predicted molar refractivity (Wildman–Crippen MR) is 144 cm³/mol. The number of carbonyl (C=O) groups is 2. The quantitative estimate of drug-likeness (QED) is 0.171. The normalized spacial score (nSPS) is 14.0. The molecule has 37 heavy (non-hydrogen) atoms. The largest absolute Gasteiger partial charge is 0.466 e. The lowest BCUT2D eigenvalue weighted by atomic mass is 9.90. The van der Waals surface area contributed by atoms with Crippen molar-refractivity contribution in [2.75, 3.05) is 20.3 Å². The van der Waals surface area contributed by atoms with Gasteiger partial charge in [0, 0.05) is 37.4 Å². The molecule has 0 amide bonds. The molecule has 3 aromatic carbocycles. The van der Waals surface area contributed by atoms with Crippen LogP contribution in [-0.4, -0.2) is 32.2 Å². The van der Waals surface area contributed by atoms with Gasteiger partial charge in [-0.25, -0.2) is 0 Å². The molecule has 1 N–H and O–H groups in total. The fraction of sp³-hybridized carbons (Fsp3) is 0.323. The highest BCUT2D eigenvalue weighted by Gasteiger charge is 2.35. The Bertz CT molecular complexity index is 1530. The molecule has 6 heteroatoms. The van der Waals surface area contributed by atoms with Crippen molar-refractivity contribution in [1.82, 2.24) is 0 Å². The molecule has 0 fully saturated rings. The summed E-state index contributed by atoms with van der Waals surface area (Å²) in [7, 11) is 4.38. The van der Waals surface area contributed by atoms with Gasteiger partial charge in [0.15, 0.2) is 5.69 Å². The van der Waals surface area contributed by atoms with Gasteiger partial charge in [-0.05, 0) is 55.0 Å². The maximum atomic E-state index is 11.2. The van der Waals surface area contributed by atoms with Crippen LogP contribution in [0.1, 0.15) is 37.8 Å². The Morgan fingerprint density at radius 1 is 0.811 bits per heavy atom. The van der Waals surface area contributed by atoms with Gasteiger partial charge < -0.3 is 9.47 Å². The van der Waals surface area contributed by atoms with Crippen LogP contribution < -0.4 is 9.47 Å². The number of hydrogen-bond donors (Lipinski definition) is 1. The fourth-order valence-electron chi connectivity index (χ4n) is 5.61. The summed E-state index contributed by atoms with van der Waals surface area (Å²) in [5.41, 5.74) is 8.70. The number of quaternary nitrogens is 1. The van der Waals surface area contributed by atoms with Gasteiger partial charge in [-0.3, -0.25) is 14.5 Å². The molecule has 1 aliphatic rings. The number of rotatable bonds is 8. The number of esters is 2. The average molecular weight is 499 g/mol. The molecule has 0 spiro atoms. The molecule has 5 rings (SSSR count). The molecule has 1 aliphatic heterocycles. The maximum Gasteiger partial charge on any atom is 0.302 e. The van der Waals surface area contributed by atoms with Gasteiger partial charge in [0.2, 0.25) is 11.2 Å². The van der Waals surface area contributed by atoms with Crippen LogP contribution in [0.15, 0.2) is 54.6 Å². The lowest BCUT2D eigenvalue weighted by Gasteiger charge is -2.24. The van der Waals surface area contributed by atoms with Crippen LogP contribution >= 0.6 is 0 Å². The summed E-state index contributed by atoms with van der Waals surface area (Å²) in [6.45, 7) is 3.76. The third-order valence-corrected chi connectivity index (χ3v) is 7.30. The number of benzene rings is 3. The van der Waals surface area contributed by atoms with E-state index in [1.807, 2.05) is 0 Å². The Labute approximate surface area is 217 Å². The molecular formula is C31H34N2O4+2. The lowest BCUT2D eigenvalue weighted by Crippen LogP contribution is -2.99. The lowest BCUT2D eigenvalue weighted by molar-refractivity contribution is -0.734. The van der Waals surface area contributed by atoms with Gasteiger partial charge in [0.05, 0.1) is 25.6 Å². The van der Waals surface area contributed by atoms with E-state index >= 15 is 0 Å². The number of pyridine rings is 1. The molecule has 0 saturated heterocycles. The zero-order valence-corrected chi connectivity index (χ0v) is 22.0. The van der Waals surface area contributed by atoms with E-state index in [-0.39, 0.29) is 11.9 Å². The second-order valence-corrected chi connectivity index (χ2v) is 9.88. The van der Waals surface area contributed by atoms with E-state index in [2.05, 4.69) is 73.3 Å². The van der Waals surface area contributed by atoms with Crippen LogP contribution in [-0.2, 0) is 39.0 Å². The molecule has 0 bridgehead atoms. The van der Waals surface area contributed by atoms with E-state index in [0.717, 1.165) is 25.7 Å². The molecule has 1 unspecified atom stereocenters. The first-order valence-corrected chi connectivity index (χ1v) is 13.0. The fourth-order valence-corrected chi connectivity index (χ4v) is 5.61. The summed E-state index contributed by atoms with van der Waals surface area (Å²) < 4.78 is 12.7. The first-order chi connectivity index (χ1) is 17.8. The number of nitrogens with zero attached hydrogens (tertiary/aromatic N) is 1. The van der Waals surface area contributed by atoms with E-state index in [1.54, 1.807) is 0 Å². The number of aryl methyl sites for hydroxylation is 3. The van der Waals surface area contributed by atoms with Gasteiger partial charge in [0.1, 0.15) is 23.7 Å².